The summed E-state index contributed by atoms with van der Waals surface area (Å²) >= 11 is 0. The maximum Gasteiger partial charge on any atom is 0.412 e. The highest BCUT2D eigenvalue weighted by Gasteiger charge is 2.17. The van der Waals surface area contributed by atoms with Gasteiger partial charge in [-0.3, -0.25) is 10.1 Å². The summed E-state index contributed by atoms with van der Waals surface area (Å²) in [4.78, 5) is 38.7. The molecule has 45 heavy (non-hydrogen) atoms. The summed E-state index contributed by atoms with van der Waals surface area (Å²) in [5.41, 5.74) is 4.12. The number of anilines is 4. The number of nitrogens with one attached hydrogen (secondary N) is 3. The van der Waals surface area contributed by atoms with Crippen LogP contribution in [0.4, 0.5) is 27.7 Å². The molecule has 0 bridgehead atoms. The number of carbonyl (C=O) groups excluding carboxylic acids is 2. The Morgan fingerprint density at radius 3 is 2.31 bits per heavy atom. The van der Waals surface area contributed by atoms with Crippen LogP contribution in [0.1, 0.15) is 62.2 Å². The van der Waals surface area contributed by atoms with Gasteiger partial charge in [-0.05, 0) is 100 Å². The van der Waals surface area contributed by atoms with Crippen LogP contribution in [-0.2, 0) is 4.74 Å². The molecule has 10 heteroatoms. The first kappa shape index (κ1) is 30.9. The van der Waals surface area contributed by atoms with E-state index in [9.17, 15) is 9.59 Å². The Morgan fingerprint density at radius 2 is 1.60 bits per heavy atom. The second kappa shape index (κ2) is 13.0. The van der Waals surface area contributed by atoms with Crippen molar-refractivity contribution >= 4 is 45.9 Å². The third-order valence-electron chi connectivity index (χ3n) is 6.61. The molecule has 230 valence electrons. The Kier molecular flexibility index (Phi) is 8.94. The number of fused-ring (bicyclic) bond motifs is 1. The van der Waals surface area contributed by atoms with Crippen LogP contribution < -0.4 is 20.7 Å². The molecule has 2 amide bonds. The highest BCUT2D eigenvalue weighted by Crippen LogP contribution is 2.36. The van der Waals surface area contributed by atoms with Crippen molar-refractivity contribution in [1.29, 1.82) is 0 Å². The lowest BCUT2D eigenvalue weighted by molar-refractivity contribution is 0.0635. The number of rotatable bonds is 8. The molecular formula is C35H36N6O4. The number of amides is 2. The van der Waals surface area contributed by atoms with Crippen LogP contribution in [0.3, 0.4) is 0 Å². The molecule has 10 nitrogen and oxygen atoms in total. The van der Waals surface area contributed by atoms with Gasteiger partial charge in [0.25, 0.3) is 5.91 Å². The summed E-state index contributed by atoms with van der Waals surface area (Å²) < 4.78 is 11.6. The monoisotopic (exact) mass is 604 g/mol. The average Bonchev–Trinajstić information content (AvgIpc) is 2.98. The summed E-state index contributed by atoms with van der Waals surface area (Å²) in [6.45, 7) is 11.5. The van der Waals surface area contributed by atoms with E-state index in [0.29, 0.717) is 45.6 Å². The number of benzene rings is 3. The van der Waals surface area contributed by atoms with Gasteiger partial charge in [0.1, 0.15) is 23.5 Å². The SMILES string of the molecule is Cc1cccc(C(=O)Nc2ccc(Oc3ccc(NC(=O)OC(C)(C)C)cc3)c(Nc3ncnc4nc(C(C)C)ccc34)c2)c1. The van der Waals surface area contributed by atoms with Gasteiger partial charge in [0.15, 0.2) is 11.4 Å². The van der Waals surface area contributed by atoms with Crippen LogP contribution in [0.5, 0.6) is 11.5 Å². The fourth-order valence-corrected chi connectivity index (χ4v) is 4.44. The van der Waals surface area contributed by atoms with Crippen molar-refractivity contribution in [2.45, 2.75) is 53.1 Å². The van der Waals surface area contributed by atoms with Gasteiger partial charge in [-0.1, -0.05) is 31.5 Å². The molecule has 3 aromatic carbocycles. The lowest BCUT2D eigenvalue weighted by Gasteiger charge is -2.19. The first-order valence-electron chi connectivity index (χ1n) is 14.6. The maximum atomic E-state index is 13.0. The number of nitrogens with zero attached hydrogens (tertiary/aromatic N) is 3. The zero-order valence-electron chi connectivity index (χ0n) is 26.1. The molecule has 3 N–H and O–H groups in total. The van der Waals surface area contributed by atoms with E-state index in [1.807, 2.05) is 37.3 Å². The third-order valence-corrected chi connectivity index (χ3v) is 6.61. The van der Waals surface area contributed by atoms with E-state index in [-0.39, 0.29) is 11.8 Å². The minimum Gasteiger partial charge on any atom is -0.455 e. The van der Waals surface area contributed by atoms with Gasteiger partial charge in [0.05, 0.1) is 11.1 Å². The number of hydrogen-bond acceptors (Lipinski definition) is 8. The highest BCUT2D eigenvalue weighted by molar-refractivity contribution is 6.04. The Bertz CT molecular complexity index is 1850. The van der Waals surface area contributed by atoms with E-state index in [4.69, 9.17) is 14.5 Å². The first-order valence-corrected chi connectivity index (χ1v) is 14.6. The smallest absolute Gasteiger partial charge is 0.412 e. The van der Waals surface area contributed by atoms with Crippen LogP contribution in [0.25, 0.3) is 11.0 Å². The Morgan fingerprint density at radius 1 is 0.844 bits per heavy atom. The zero-order valence-corrected chi connectivity index (χ0v) is 26.1. The molecule has 0 spiro atoms. The van der Waals surface area contributed by atoms with Gasteiger partial charge in [0, 0.05) is 22.6 Å². The molecular weight excluding hydrogens is 568 g/mol. The number of carbonyl (C=O) groups is 2. The van der Waals surface area contributed by atoms with Gasteiger partial charge < -0.3 is 20.1 Å². The van der Waals surface area contributed by atoms with Crippen LogP contribution in [0.15, 0.2) is 85.2 Å². The molecule has 0 saturated carbocycles. The Hall–Kier alpha value is -5.51. The largest absolute Gasteiger partial charge is 0.455 e. The topological polar surface area (TPSA) is 127 Å². The lowest BCUT2D eigenvalue weighted by atomic mass is 10.1. The molecule has 0 saturated heterocycles. The molecule has 2 aromatic heterocycles. The molecule has 0 aliphatic heterocycles. The molecule has 0 fully saturated rings. The van der Waals surface area contributed by atoms with E-state index >= 15 is 0 Å². The summed E-state index contributed by atoms with van der Waals surface area (Å²) in [7, 11) is 0. The van der Waals surface area contributed by atoms with Gasteiger partial charge >= 0.3 is 6.09 Å². The third kappa shape index (κ3) is 8.11. The van der Waals surface area contributed by atoms with Crippen molar-refractivity contribution in [2.75, 3.05) is 16.0 Å². The van der Waals surface area contributed by atoms with Crippen molar-refractivity contribution < 1.29 is 19.1 Å². The number of aryl methyl sites for hydroxylation is 1. The molecule has 0 aliphatic carbocycles. The molecule has 0 atom stereocenters. The molecule has 2 heterocycles. The van der Waals surface area contributed by atoms with Crippen LogP contribution in [-0.4, -0.2) is 32.6 Å². The average molecular weight is 605 g/mol. The van der Waals surface area contributed by atoms with Crippen molar-refractivity contribution in [3.05, 3.63) is 102 Å². The van der Waals surface area contributed by atoms with E-state index in [1.165, 1.54) is 6.33 Å². The van der Waals surface area contributed by atoms with Gasteiger partial charge in [-0.15, -0.1) is 0 Å². The van der Waals surface area contributed by atoms with Crippen molar-refractivity contribution in [2.24, 2.45) is 0 Å². The normalized spacial score (nSPS) is 11.3. The van der Waals surface area contributed by atoms with Crippen LogP contribution in [0, 0.1) is 6.92 Å². The minimum atomic E-state index is -0.607. The van der Waals surface area contributed by atoms with E-state index in [1.54, 1.807) is 69.3 Å². The van der Waals surface area contributed by atoms with E-state index in [2.05, 4.69) is 39.8 Å². The fraction of sp³-hybridized carbons (Fsp3) is 0.229. The second-order valence-corrected chi connectivity index (χ2v) is 11.9. The Labute approximate surface area is 262 Å². The van der Waals surface area contributed by atoms with E-state index in [0.717, 1.165) is 16.6 Å². The number of ether oxygens (including phenoxy) is 2. The van der Waals surface area contributed by atoms with Crippen molar-refractivity contribution in [3.8, 4) is 11.5 Å². The Balaban J connectivity index is 1.44. The first-order chi connectivity index (χ1) is 21.4. The maximum absolute atomic E-state index is 13.0. The van der Waals surface area contributed by atoms with Gasteiger partial charge in [-0.25, -0.2) is 19.7 Å². The predicted octanol–water partition coefficient (Wildman–Crippen LogP) is 8.59. The molecule has 5 rings (SSSR count). The molecule has 5 aromatic rings. The summed E-state index contributed by atoms with van der Waals surface area (Å²) in [5.74, 6) is 1.56. The van der Waals surface area contributed by atoms with Gasteiger partial charge in [-0.2, -0.15) is 0 Å². The molecule has 0 aliphatic rings. The fourth-order valence-electron chi connectivity index (χ4n) is 4.44. The molecule has 0 radical (unpaired) electrons. The predicted molar refractivity (Wildman–Crippen MR) is 177 cm³/mol. The quantitative estimate of drug-likeness (QED) is 0.161. The second-order valence-electron chi connectivity index (χ2n) is 11.9. The van der Waals surface area contributed by atoms with Crippen molar-refractivity contribution in [3.63, 3.8) is 0 Å². The van der Waals surface area contributed by atoms with Crippen molar-refractivity contribution in [1.82, 2.24) is 15.0 Å². The lowest BCUT2D eigenvalue weighted by Crippen LogP contribution is -2.27. The molecule has 0 unspecified atom stereocenters. The highest BCUT2D eigenvalue weighted by atomic mass is 16.6. The number of pyridine rings is 1. The van der Waals surface area contributed by atoms with E-state index < -0.39 is 11.7 Å². The zero-order chi connectivity index (χ0) is 32.1. The standard InChI is InChI=1S/C35H36N6O4/c1-21(2)28-16-15-27-31(40-28)36-20-37-32(27)41-29-19-25(38-33(42)23-9-7-8-22(3)18-23)12-17-30(29)44-26-13-10-24(11-14-26)39-34(43)45-35(4,5)6/h7-21H,1-6H3,(H,38,42)(H,39,43)(H,36,37,40,41). The number of hydrogen-bond donors (Lipinski definition) is 3. The van der Waals surface area contributed by atoms with Gasteiger partial charge in [0.2, 0.25) is 0 Å². The van der Waals surface area contributed by atoms with Crippen LogP contribution >= 0.6 is 0 Å². The number of aromatic nitrogens is 3. The summed E-state index contributed by atoms with van der Waals surface area (Å²) in [5, 5.41) is 9.79. The summed E-state index contributed by atoms with van der Waals surface area (Å²) in [6.07, 6.45) is 0.917. The minimum absolute atomic E-state index is 0.232. The van der Waals surface area contributed by atoms with Crippen LogP contribution in [0.2, 0.25) is 0 Å². The summed E-state index contributed by atoms with van der Waals surface area (Å²) in [6, 6.07) is 23.5.